The number of aliphatic hydroxyl groups excluding tert-OH is 1. The highest BCUT2D eigenvalue weighted by molar-refractivity contribution is 7.07. The summed E-state index contributed by atoms with van der Waals surface area (Å²) in [5.41, 5.74) is 1.37. The molecule has 2 heterocycles. The maximum Gasteiger partial charge on any atom is 0.0794 e. The average Bonchev–Trinajstić information content (AvgIpc) is 2.49. The minimum Gasteiger partial charge on any atom is -0.390 e. The van der Waals surface area contributed by atoms with Crippen LogP contribution in [0, 0.1) is 0 Å². The van der Waals surface area contributed by atoms with Gasteiger partial charge >= 0.3 is 0 Å². The van der Waals surface area contributed by atoms with Crippen LogP contribution in [0.15, 0.2) is 16.8 Å². The number of β-amino-alcohol motifs (C(OH)–C–C–N with tert-alkyl or cyclic N) is 1. The highest BCUT2D eigenvalue weighted by Gasteiger charge is 2.28. The predicted octanol–water partition coefficient (Wildman–Crippen LogP) is 1.49. The lowest BCUT2D eigenvalue weighted by atomic mass is 10.1. The first-order valence-electron chi connectivity index (χ1n) is 4.21. The normalized spacial score (nSPS) is 22.2. The molecule has 1 N–H and O–H groups in total. The minimum absolute atomic E-state index is 0.0916. The van der Waals surface area contributed by atoms with E-state index < -0.39 is 0 Å². The Morgan fingerprint density at radius 1 is 1.67 bits per heavy atom. The Morgan fingerprint density at radius 3 is 2.92 bits per heavy atom. The zero-order valence-corrected chi connectivity index (χ0v) is 7.92. The Kier molecular flexibility index (Phi) is 2.17. The molecule has 12 heavy (non-hydrogen) atoms. The van der Waals surface area contributed by atoms with Gasteiger partial charge in [-0.15, -0.1) is 0 Å². The van der Waals surface area contributed by atoms with Gasteiger partial charge in [-0.1, -0.05) is 0 Å². The van der Waals surface area contributed by atoms with Crippen LogP contribution in [-0.4, -0.2) is 29.2 Å². The van der Waals surface area contributed by atoms with Crippen molar-refractivity contribution in [3.05, 3.63) is 22.4 Å². The molecule has 2 nitrogen and oxygen atoms in total. The van der Waals surface area contributed by atoms with E-state index in [9.17, 15) is 0 Å². The first kappa shape index (κ1) is 8.23. The summed E-state index contributed by atoms with van der Waals surface area (Å²) in [6.45, 7) is 3.85. The predicted molar refractivity (Wildman–Crippen MR) is 50.3 cm³/mol. The van der Waals surface area contributed by atoms with Crippen molar-refractivity contribution in [2.24, 2.45) is 0 Å². The van der Waals surface area contributed by atoms with Crippen molar-refractivity contribution in [2.75, 3.05) is 13.1 Å². The van der Waals surface area contributed by atoms with E-state index in [4.69, 9.17) is 5.11 Å². The Morgan fingerprint density at radius 2 is 2.42 bits per heavy atom. The summed E-state index contributed by atoms with van der Waals surface area (Å²) < 4.78 is 0. The van der Waals surface area contributed by atoms with Crippen LogP contribution in [0.5, 0.6) is 0 Å². The molecule has 66 valence electrons. The van der Waals surface area contributed by atoms with Gasteiger partial charge in [0.25, 0.3) is 0 Å². The molecular formula is C9H13NOS. The van der Waals surface area contributed by atoms with Crippen molar-refractivity contribution in [3.63, 3.8) is 0 Å². The molecule has 0 aromatic carbocycles. The molecule has 0 saturated carbocycles. The highest BCUT2D eigenvalue weighted by Crippen LogP contribution is 2.26. The van der Waals surface area contributed by atoms with Gasteiger partial charge in [0.05, 0.1) is 6.10 Å². The van der Waals surface area contributed by atoms with E-state index in [1.807, 2.05) is 0 Å². The Bertz CT molecular complexity index is 241. The second kappa shape index (κ2) is 3.17. The molecule has 1 aromatic rings. The number of nitrogens with zero attached hydrogens (tertiary/aromatic N) is 1. The molecule has 0 bridgehead atoms. The third kappa shape index (κ3) is 1.40. The van der Waals surface area contributed by atoms with E-state index in [-0.39, 0.29) is 6.10 Å². The summed E-state index contributed by atoms with van der Waals surface area (Å²) in [6, 6.07) is 2.62. The number of aliphatic hydroxyl groups is 1. The summed E-state index contributed by atoms with van der Waals surface area (Å²) in [5, 5.41) is 13.4. The van der Waals surface area contributed by atoms with Gasteiger partial charge in [-0.25, -0.2) is 0 Å². The fourth-order valence-electron chi connectivity index (χ4n) is 1.53. The van der Waals surface area contributed by atoms with Crippen LogP contribution < -0.4 is 0 Å². The van der Waals surface area contributed by atoms with Crippen LogP contribution in [0.2, 0.25) is 0 Å². The summed E-state index contributed by atoms with van der Waals surface area (Å²) in [4.78, 5) is 2.28. The van der Waals surface area contributed by atoms with E-state index in [2.05, 4.69) is 28.7 Å². The smallest absolute Gasteiger partial charge is 0.0794 e. The zero-order chi connectivity index (χ0) is 8.55. The third-order valence-corrected chi connectivity index (χ3v) is 3.17. The zero-order valence-electron chi connectivity index (χ0n) is 7.10. The minimum atomic E-state index is -0.0916. The van der Waals surface area contributed by atoms with Crippen molar-refractivity contribution in [2.45, 2.75) is 19.1 Å². The van der Waals surface area contributed by atoms with Gasteiger partial charge in [-0.05, 0) is 29.3 Å². The van der Waals surface area contributed by atoms with Gasteiger partial charge in [-0.3, -0.25) is 4.90 Å². The quantitative estimate of drug-likeness (QED) is 0.751. The molecule has 0 radical (unpaired) electrons. The number of hydrogen-bond acceptors (Lipinski definition) is 3. The van der Waals surface area contributed by atoms with Gasteiger partial charge in [0, 0.05) is 19.1 Å². The van der Waals surface area contributed by atoms with Gasteiger partial charge in [0.1, 0.15) is 0 Å². The molecule has 1 aliphatic rings. The topological polar surface area (TPSA) is 23.5 Å². The maximum atomic E-state index is 9.13. The van der Waals surface area contributed by atoms with E-state index >= 15 is 0 Å². The van der Waals surface area contributed by atoms with Crippen molar-refractivity contribution in [1.82, 2.24) is 4.90 Å². The van der Waals surface area contributed by atoms with Crippen LogP contribution in [0.25, 0.3) is 0 Å². The molecule has 1 atom stereocenters. The molecule has 3 heteroatoms. The first-order valence-corrected chi connectivity index (χ1v) is 5.16. The van der Waals surface area contributed by atoms with Crippen LogP contribution in [0.4, 0.5) is 0 Å². The van der Waals surface area contributed by atoms with E-state index in [0.717, 1.165) is 13.1 Å². The molecule has 0 spiro atoms. The van der Waals surface area contributed by atoms with Gasteiger partial charge in [0.2, 0.25) is 0 Å². The summed E-state index contributed by atoms with van der Waals surface area (Å²) in [5.74, 6) is 0. The molecule has 1 fully saturated rings. The van der Waals surface area contributed by atoms with Gasteiger partial charge in [0.15, 0.2) is 0 Å². The molecule has 0 amide bonds. The van der Waals surface area contributed by atoms with E-state index in [1.165, 1.54) is 5.56 Å². The van der Waals surface area contributed by atoms with E-state index in [0.29, 0.717) is 6.04 Å². The Balaban J connectivity index is 1.97. The third-order valence-electron chi connectivity index (χ3n) is 2.46. The molecule has 1 saturated heterocycles. The largest absolute Gasteiger partial charge is 0.390 e. The van der Waals surface area contributed by atoms with Crippen molar-refractivity contribution in [3.8, 4) is 0 Å². The lowest BCUT2D eigenvalue weighted by molar-refractivity contribution is -0.0210. The van der Waals surface area contributed by atoms with Crippen molar-refractivity contribution < 1.29 is 5.11 Å². The van der Waals surface area contributed by atoms with Crippen LogP contribution in [0.1, 0.15) is 18.5 Å². The fourth-order valence-corrected chi connectivity index (χ4v) is 2.27. The molecule has 1 aliphatic heterocycles. The monoisotopic (exact) mass is 183 g/mol. The van der Waals surface area contributed by atoms with Crippen molar-refractivity contribution in [1.29, 1.82) is 0 Å². The molecule has 2 rings (SSSR count). The standard InChI is InChI=1S/C9H13NOS/c1-7(8-2-3-12-6-8)10-4-9(11)5-10/h2-3,6-7,9,11H,4-5H2,1H3. The number of thiophene rings is 1. The first-order chi connectivity index (χ1) is 5.77. The highest BCUT2D eigenvalue weighted by atomic mass is 32.1. The van der Waals surface area contributed by atoms with Crippen LogP contribution in [-0.2, 0) is 0 Å². The SMILES string of the molecule is CC(c1ccsc1)N1CC(O)C1. The molecular weight excluding hydrogens is 170 g/mol. The molecule has 0 aliphatic carbocycles. The number of hydrogen-bond donors (Lipinski definition) is 1. The lowest BCUT2D eigenvalue weighted by Crippen LogP contribution is -2.51. The maximum absolute atomic E-state index is 9.13. The van der Waals surface area contributed by atoms with Crippen LogP contribution in [0.3, 0.4) is 0 Å². The summed E-state index contributed by atoms with van der Waals surface area (Å²) in [6.07, 6.45) is -0.0916. The second-order valence-corrected chi connectivity index (χ2v) is 4.12. The van der Waals surface area contributed by atoms with Crippen LogP contribution >= 0.6 is 11.3 Å². The molecule has 1 unspecified atom stereocenters. The van der Waals surface area contributed by atoms with E-state index in [1.54, 1.807) is 11.3 Å². The van der Waals surface area contributed by atoms with Gasteiger partial charge in [-0.2, -0.15) is 11.3 Å². The fraction of sp³-hybridized carbons (Fsp3) is 0.556. The summed E-state index contributed by atoms with van der Waals surface area (Å²) >= 11 is 1.73. The lowest BCUT2D eigenvalue weighted by Gasteiger charge is -2.40. The Hall–Kier alpha value is -0.380. The van der Waals surface area contributed by atoms with Gasteiger partial charge < -0.3 is 5.11 Å². The second-order valence-electron chi connectivity index (χ2n) is 3.34. The average molecular weight is 183 g/mol. The molecule has 1 aromatic heterocycles. The number of likely N-dealkylation sites (tertiary alicyclic amines) is 1. The number of rotatable bonds is 2. The Labute approximate surface area is 76.4 Å². The summed E-state index contributed by atoms with van der Waals surface area (Å²) in [7, 11) is 0. The van der Waals surface area contributed by atoms with Crippen molar-refractivity contribution >= 4 is 11.3 Å².